The number of hydrogen-bond acceptors (Lipinski definition) is 10. The normalized spacial score (nSPS) is 22.3. The molecule has 5 rings (SSSR count). The first-order chi connectivity index (χ1) is 21.4. The third-order valence-corrected chi connectivity index (χ3v) is 10.6. The first-order valence-electron chi connectivity index (χ1n) is 15.2. The molecule has 0 unspecified atom stereocenters. The van der Waals surface area contributed by atoms with Gasteiger partial charge in [-0.2, -0.15) is 4.31 Å². The third-order valence-electron chi connectivity index (χ3n) is 8.79. The topological polar surface area (TPSA) is 155 Å². The Morgan fingerprint density at radius 1 is 1.09 bits per heavy atom. The number of carbonyl (C=O) groups is 2. The van der Waals surface area contributed by atoms with Crippen LogP contribution in [0.5, 0.6) is 11.5 Å². The quantitative estimate of drug-likeness (QED) is 0.323. The average molecular weight is 646 g/mol. The van der Waals surface area contributed by atoms with Gasteiger partial charge in [-0.3, -0.25) is 0 Å². The lowest BCUT2D eigenvalue weighted by Crippen LogP contribution is -2.61. The number of benzene rings is 2. The van der Waals surface area contributed by atoms with Crippen molar-refractivity contribution in [1.82, 2.24) is 9.21 Å². The van der Waals surface area contributed by atoms with Crippen LogP contribution in [0.3, 0.4) is 0 Å². The Bertz CT molecular complexity index is 1470. The molecule has 2 aromatic carbocycles. The van der Waals surface area contributed by atoms with Crippen LogP contribution in [0.15, 0.2) is 53.4 Å². The lowest BCUT2D eigenvalue weighted by molar-refractivity contribution is -0.273. The molecule has 0 bridgehead atoms. The first kappa shape index (κ1) is 33.1. The Morgan fingerprint density at radius 3 is 2.56 bits per heavy atom. The molecule has 2 aromatic rings. The van der Waals surface area contributed by atoms with Gasteiger partial charge in [0, 0.05) is 25.4 Å². The summed E-state index contributed by atoms with van der Waals surface area (Å²) in [5, 5.41) is 24.8. The van der Waals surface area contributed by atoms with Gasteiger partial charge in [0.15, 0.2) is 17.8 Å². The zero-order chi connectivity index (χ0) is 32.4. The summed E-state index contributed by atoms with van der Waals surface area (Å²) in [4.78, 5) is 25.7. The molecule has 13 heteroatoms. The van der Waals surface area contributed by atoms with Gasteiger partial charge in [-0.05, 0) is 49.3 Å². The van der Waals surface area contributed by atoms with E-state index in [1.807, 2.05) is 44.2 Å². The van der Waals surface area contributed by atoms with Crippen LogP contribution in [-0.4, -0.2) is 92.2 Å². The zero-order valence-electron chi connectivity index (χ0n) is 25.8. The highest BCUT2D eigenvalue weighted by molar-refractivity contribution is 7.89. The van der Waals surface area contributed by atoms with Gasteiger partial charge >= 0.3 is 0 Å². The minimum absolute atomic E-state index is 0.0237. The number of carbonyl (C=O) groups excluding carboxylic acids is 2. The Labute approximate surface area is 263 Å². The number of carboxylic acid groups (broad SMARTS) is 1. The van der Waals surface area contributed by atoms with Crippen LogP contribution in [0.25, 0.3) is 0 Å². The van der Waals surface area contributed by atoms with Crippen LogP contribution in [-0.2, 0) is 30.7 Å². The number of Topliss-reactive ketones (excluding diaryl/α,β-unsaturated/α-hetero) is 1. The highest BCUT2D eigenvalue weighted by atomic mass is 32.2. The van der Waals surface area contributed by atoms with Gasteiger partial charge in [-0.1, -0.05) is 50.2 Å². The summed E-state index contributed by atoms with van der Waals surface area (Å²) in [6.07, 6.45) is -2.17. The van der Waals surface area contributed by atoms with Gasteiger partial charge in [0.2, 0.25) is 16.8 Å². The Hall–Kier alpha value is -3.23. The van der Waals surface area contributed by atoms with Gasteiger partial charge in [0.1, 0.15) is 16.8 Å². The standard InChI is InChI=1S/C32H42N2O10S/c1-21(35)12-14-32(2,3)19-33(45(39,40)28-11-7-10-27-29(28)44-20-43-27)17-26(36)24(16-22-8-5-4-6-9-22)34(31(37)38)25-18-42-30-23(25)13-15-41-30/h4-11,23-26,30,36H,12-20H2,1-3H3,(H,37,38)/p-1/t23-,24-,25-,26+,30+/m0/s1. The van der Waals surface area contributed by atoms with Crippen molar-refractivity contribution in [3.63, 3.8) is 0 Å². The molecule has 0 aromatic heterocycles. The average Bonchev–Trinajstić information content (AvgIpc) is 3.74. The van der Waals surface area contributed by atoms with Crippen molar-refractivity contribution in [3.05, 3.63) is 54.1 Å². The van der Waals surface area contributed by atoms with Crippen molar-refractivity contribution < 1.29 is 47.2 Å². The number of hydrogen-bond donors (Lipinski definition) is 1. The molecule has 3 aliphatic rings. The Morgan fingerprint density at radius 2 is 1.84 bits per heavy atom. The summed E-state index contributed by atoms with van der Waals surface area (Å²) in [5.41, 5.74) is 0.0818. The molecule has 12 nitrogen and oxygen atoms in total. The maximum Gasteiger partial charge on any atom is 0.247 e. The van der Waals surface area contributed by atoms with Gasteiger partial charge in [0.25, 0.3) is 0 Å². The number of aliphatic hydroxyl groups is 1. The number of amides is 1. The first-order valence-corrected chi connectivity index (χ1v) is 16.6. The predicted octanol–water partition coefficient (Wildman–Crippen LogP) is 2.18. The van der Waals surface area contributed by atoms with E-state index in [1.165, 1.54) is 13.0 Å². The summed E-state index contributed by atoms with van der Waals surface area (Å²) in [5.74, 6) is 0.0883. The molecule has 3 aliphatic heterocycles. The van der Waals surface area contributed by atoms with Crippen molar-refractivity contribution in [2.24, 2.45) is 11.3 Å². The molecule has 2 saturated heterocycles. The summed E-state index contributed by atoms with van der Waals surface area (Å²) in [7, 11) is -4.32. The lowest BCUT2D eigenvalue weighted by atomic mass is 9.87. The minimum Gasteiger partial charge on any atom is -0.530 e. The lowest BCUT2D eigenvalue weighted by Gasteiger charge is -2.43. The maximum absolute atomic E-state index is 14.4. The second-order valence-corrected chi connectivity index (χ2v) is 14.7. The van der Waals surface area contributed by atoms with Crippen LogP contribution in [0.4, 0.5) is 4.79 Å². The highest BCUT2D eigenvalue weighted by Gasteiger charge is 2.48. The molecule has 0 aliphatic carbocycles. The van der Waals surface area contributed by atoms with Crippen molar-refractivity contribution in [1.29, 1.82) is 0 Å². The molecular formula is C32H41N2O10S-. The van der Waals surface area contributed by atoms with E-state index in [0.717, 1.165) is 14.8 Å². The van der Waals surface area contributed by atoms with Gasteiger partial charge in [0.05, 0.1) is 31.4 Å². The molecule has 0 saturated carbocycles. The molecule has 0 spiro atoms. The van der Waals surface area contributed by atoms with Crippen LogP contribution < -0.4 is 14.6 Å². The molecule has 1 N–H and O–H groups in total. The molecule has 0 radical (unpaired) electrons. The maximum atomic E-state index is 14.4. The molecule has 45 heavy (non-hydrogen) atoms. The molecule has 1 amide bonds. The predicted molar refractivity (Wildman–Crippen MR) is 160 cm³/mol. The van der Waals surface area contributed by atoms with E-state index in [4.69, 9.17) is 18.9 Å². The smallest absolute Gasteiger partial charge is 0.247 e. The SMILES string of the molecule is CC(=O)CCC(C)(C)CN(C[C@@H](O)[C@H](Cc1ccccc1)N(C(=O)[O-])[C@H]1CO[C@H]2OCC[C@H]21)S(=O)(=O)c1cccc2c1OCO2. The van der Waals surface area contributed by atoms with Crippen molar-refractivity contribution in [2.75, 3.05) is 33.1 Å². The van der Waals surface area contributed by atoms with E-state index < -0.39 is 52.6 Å². The Kier molecular flexibility index (Phi) is 10.0. The second-order valence-electron chi connectivity index (χ2n) is 12.7. The summed E-state index contributed by atoms with van der Waals surface area (Å²) >= 11 is 0. The fourth-order valence-corrected chi connectivity index (χ4v) is 8.21. The van der Waals surface area contributed by atoms with E-state index in [0.29, 0.717) is 19.4 Å². The molecule has 5 atom stereocenters. The van der Waals surface area contributed by atoms with Crippen LogP contribution in [0.2, 0.25) is 0 Å². The van der Waals surface area contributed by atoms with Gasteiger partial charge < -0.3 is 43.6 Å². The minimum atomic E-state index is -4.32. The summed E-state index contributed by atoms with van der Waals surface area (Å²) in [6, 6.07) is 11.9. The number of para-hydroxylation sites is 1. The zero-order valence-corrected chi connectivity index (χ0v) is 26.6. The number of ketones is 1. The van der Waals surface area contributed by atoms with Gasteiger partial charge in [-0.25, -0.2) is 8.42 Å². The number of nitrogens with zero attached hydrogens (tertiary/aromatic N) is 2. The van der Waals surface area contributed by atoms with Crippen molar-refractivity contribution >= 4 is 21.9 Å². The Balaban J connectivity index is 1.51. The van der Waals surface area contributed by atoms with E-state index in [-0.39, 0.29) is 60.9 Å². The number of aliphatic hydroxyl groups excluding tert-OH is 1. The fourth-order valence-electron chi connectivity index (χ4n) is 6.42. The number of fused-ring (bicyclic) bond motifs is 2. The van der Waals surface area contributed by atoms with E-state index >= 15 is 0 Å². The number of rotatable bonds is 14. The van der Waals surface area contributed by atoms with Crippen molar-refractivity contribution in [3.8, 4) is 11.5 Å². The van der Waals surface area contributed by atoms with Gasteiger partial charge in [-0.15, -0.1) is 0 Å². The van der Waals surface area contributed by atoms with Crippen molar-refractivity contribution in [2.45, 2.75) is 75.8 Å². The fraction of sp³-hybridized carbons (Fsp3) is 0.562. The van der Waals surface area contributed by atoms with E-state index in [2.05, 4.69) is 0 Å². The summed E-state index contributed by atoms with van der Waals surface area (Å²) < 4.78 is 52.2. The van der Waals surface area contributed by atoms with Crippen LogP contribution in [0.1, 0.15) is 45.6 Å². The van der Waals surface area contributed by atoms with E-state index in [1.54, 1.807) is 12.1 Å². The molecule has 246 valence electrons. The number of sulfonamides is 1. The summed E-state index contributed by atoms with van der Waals surface area (Å²) in [6.45, 7) is 5.05. The highest BCUT2D eigenvalue weighted by Crippen LogP contribution is 2.41. The van der Waals surface area contributed by atoms with E-state index in [9.17, 15) is 28.2 Å². The number of ether oxygens (including phenoxy) is 4. The monoisotopic (exact) mass is 645 g/mol. The second kappa shape index (κ2) is 13.6. The molecule has 2 fully saturated rings. The third kappa shape index (κ3) is 7.44. The molecular weight excluding hydrogens is 604 g/mol. The van der Waals surface area contributed by atoms with Crippen LogP contribution >= 0.6 is 0 Å². The van der Waals surface area contributed by atoms with Crippen LogP contribution in [0, 0.1) is 11.3 Å². The largest absolute Gasteiger partial charge is 0.530 e. The molecule has 3 heterocycles.